The van der Waals surface area contributed by atoms with Gasteiger partial charge in [-0.1, -0.05) is 0 Å². The molecule has 3 aromatic heterocycles. The van der Waals surface area contributed by atoms with Crippen molar-refractivity contribution in [1.29, 1.82) is 0 Å². The van der Waals surface area contributed by atoms with Gasteiger partial charge in [-0.25, -0.2) is 4.98 Å². The molecule has 0 saturated carbocycles. The molecule has 0 spiro atoms. The highest BCUT2D eigenvalue weighted by Gasteiger charge is 2.22. The molecule has 0 aromatic carbocycles. The van der Waals surface area contributed by atoms with Gasteiger partial charge in [0.25, 0.3) is 5.56 Å². The summed E-state index contributed by atoms with van der Waals surface area (Å²) in [6, 6.07) is 2.15. The van der Waals surface area contributed by atoms with E-state index in [1.165, 1.54) is 11.3 Å². The van der Waals surface area contributed by atoms with Crippen molar-refractivity contribution in [3.05, 3.63) is 34.1 Å². The first kappa shape index (κ1) is 11.8. The maximum absolute atomic E-state index is 12.2. The predicted octanol–water partition coefficient (Wildman–Crippen LogP) is 1.72. The van der Waals surface area contributed by atoms with Crippen molar-refractivity contribution >= 4 is 21.6 Å². The van der Waals surface area contributed by atoms with Crippen LogP contribution in [0.25, 0.3) is 20.7 Å². The summed E-state index contributed by atoms with van der Waals surface area (Å²) < 4.78 is 0.670. The second kappa shape index (κ2) is 4.26. The number of aromatic amines is 2. The second-order valence-electron chi connectivity index (χ2n) is 4.98. The van der Waals surface area contributed by atoms with Crippen LogP contribution in [-0.2, 0) is 0 Å². The van der Waals surface area contributed by atoms with E-state index in [-0.39, 0.29) is 11.6 Å². The molecule has 0 unspecified atom stereocenters. The molecule has 1 aliphatic heterocycles. The summed E-state index contributed by atoms with van der Waals surface area (Å²) in [5.74, 6) is 0.738. The van der Waals surface area contributed by atoms with Crippen LogP contribution in [-0.4, -0.2) is 26.7 Å². The summed E-state index contributed by atoms with van der Waals surface area (Å²) in [6.45, 7) is 2.95. The summed E-state index contributed by atoms with van der Waals surface area (Å²) in [5.41, 5.74) is 2.72. The Bertz CT molecular complexity index is 842. The van der Waals surface area contributed by atoms with Crippen LogP contribution in [0, 0.1) is 6.92 Å². The molecule has 1 saturated heterocycles. The average molecular weight is 287 g/mol. The molecule has 1 aliphatic rings. The highest BCUT2D eigenvalue weighted by molar-refractivity contribution is 7.22. The maximum Gasteiger partial charge on any atom is 0.268 e. The third-order valence-corrected chi connectivity index (χ3v) is 4.81. The van der Waals surface area contributed by atoms with E-state index in [2.05, 4.69) is 25.5 Å². The molecule has 7 heteroatoms. The zero-order valence-corrected chi connectivity index (χ0v) is 11.7. The van der Waals surface area contributed by atoms with E-state index in [4.69, 9.17) is 0 Å². The maximum atomic E-state index is 12.2. The monoisotopic (exact) mass is 287 g/mol. The van der Waals surface area contributed by atoms with Gasteiger partial charge in [-0.2, -0.15) is 5.10 Å². The van der Waals surface area contributed by atoms with E-state index in [9.17, 15) is 4.79 Å². The van der Waals surface area contributed by atoms with E-state index in [0.717, 1.165) is 40.4 Å². The third kappa shape index (κ3) is 1.70. The molecule has 20 heavy (non-hydrogen) atoms. The van der Waals surface area contributed by atoms with Crippen molar-refractivity contribution in [3.8, 4) is 10.4 Å². The summed E-state index contributed by atoms with van der Waals surface area (Å²) in [6.07, 6.45) is 2.80. The highest BCUT2D eigenvalue weighted by atomic mass is 32.1. The van der Waals surface area contributed by atoms with E-state index in [1.807, 2.05) is 13.0 Å². The standard InChI is InChI=1S/C13H13N5OS/c1-6-7(5-15-18-6)10-4-9-11(20-10)13(19)17-12(16-9)8-2-3-14-8/h4-5,8,14H,2-3H2,1H3,(H,15,18)(H,16,17,19)/t8-/m0/s1. The van der Waals surface area contributed by atoms with Gasteiger partial charge in [0, 0.05) is 16.1 Å². The number of rotatable bonds is 2. The summed E-state index contributed by atoms with van der Waals surface area (Å²) in [4.78, 5) is 20.7. The van der Waals surface area contributed by atoms with Crippen LogP contribution in [0.15, 0.2) is 17.1 Å². The average Bonchev–Trinajstić information content (AvgIpc) is 2.92. The lowest BCUT2D eigenvalue weighted by Crippen LogP contribution is -2.37. The SMILES string of the molecule is Cc1[nH]ncc1-c1cc2nc([C@@H]3CCN3)[nH]c(=O)c2s1. The summed E-state index contributed by atoms with van der Waals surface area (Å²) in [5, 5.41) is 10.2. The fraction of sp³-hybridized carbons (Fsp3) is 0.308. The zero-order valence-electron chi connectivity index (χ0n) is 10.9. The van der Waals surface area contributed by atoms with Crippen LogP contribution in [0.5, 0.6) is 0 Å². The van der Waals surface area contributed by atoms with Gasteiger partial charge in [0.15, 0.2) is 0 Å². The van der Waals surface area contributed by atoms with Crippen molar-refractivity contribution in [3.63, 3.8) is 0 Å². The molecule has 0 amide bonds. The number of aromatic nitrogens is 4. The number of hydrogen-bond acceptors (Lipinski definition) is 5. The van der Waals surface area contributed by atoms with Crippen LogP contribution < -0.4 is 10.9 Å². The number of thiophene rings is 1. The molecule has 1 atom stereocenters. The van der Waals surface area contributed by atoms with Crippen molar-refractivity contribution in [2.24, 2.45) is 0 Å². The largest absolute Gasteiger partial charge is 0.308 e. The molecule has 0 radical (unpaired) electrons. The smallest absolute Gasteiger partial charge is 0.268 e. The van der Waals surface area contributed by atoms with Gasteiger partial charge in [0.1, 0.15) is 10.5 Å². The minimum absolute atomic E-state index is 0.0592. The molecule has 0 bridgehead atoms. The summed E-state index contributed by atoms with van der Waals surface area (Å²) >= 11 is 1.46. The molecular weight excluding hydrogens is 274 g/mol. The van der Waals surface area contributed by atoms with Crippen molar-refractivity contribution in [2.45, 2.75) is 19.4 Å². The molecule has 6 nitrogen and oxygen atoms in total. The predicted molar refractivity (Wildman–Crippen MR) is 77.9 cm³/mol. The third-order valence-electron chi connectivity index (χ3n) is 3.65. The van der Waals surface area contributed by atoms with Crippen LogP contribution in [0.4, 0.5) is 0 Å². The zero-order chi connectivity index (χ0) is 13.7. The molecule has 0 aliphatic carbocycles. The van der Waals surface area contributed by atoms with Crippen molar-refractivity contribution in [2.75, 3.05) is 6.54 Å². The number of fused-ring (bicyclic) bond motifs is 1. The first-order chi connectivity index (χ1) is 9.72. The Balaban J connectivity index is 1.88. The van der Waals surface area contributed by atoms with Gasteiger partial charge in [-0.3, -0.25) is 9.89 Å². The van der Waals surface area contributed by atoms with Gasteiger partial charge in [0.2, 0.25) is 0 Å². The summed E-state index contributed by atoms with van der Waals surface area (Å²) in [7, 11) is 0. The van der Waals surface area contributed by atoms with Crippen molar-refractivity contribution < 1.29 is 0 Å². The number of hydrogen-bond donors (Lipinski definition) is 3. The Morgan fingerprint density at radius 2 is 2.30 bits per heavy atom. The minimum atomic E-state index is -0.0592. The lowest BCUT2D eigenvalue weighted by atomic mass is 10.1. The Morgan fingerprint density at radius 3 is 2.95 bits per heavy atom. The van der Waals surface area contributed by atoms with Gasteiger partial charge in [-0.15, -0.1) is 11.3 Å². The van der Waals surface area contributed by atoms with E-state index >= 15 is 0 Å². The Kier molecular flexibility index (Phi) is 2.51. The van der Waals surface area contributed by atoms with E-state index in [0.29, 0.717) is 4.70 Å². The molecule has 3 aromatic rings. The lowest BCUT2D eigenvalue weighted by Gasteiger charge is -2.26. The topological polar surface area (TPSA) is 86.5 Å². The van der Waals surface area contributed by atoms with Gasteiger partial charge >= 0.3 is 0 Å². The minimum Gasteiger partial charge on any atom is -0.308 e. The fourth-order valence-corrected chi connectivity index (χ4v) is 3.44. The number of nitrogens with zero attached hydrogens (tertiary/aromatic N) is 2. The van der Waals surface area contributed by atoms with E-state index < -0.39 is 0 Å². The Hall–Kier alpha value is -1.99. The Morgan fingerprint density at radius 1 is 1.45 bits per heavy atom. The van der Waals surface area contributed by atoms with Gasteiger partial charge in [-0.05, 0) is 26.0 Å². The normalized spacial score (nSPS) is 18.4. The highest BCUT2D eigenvalue weighted by Crippen LogP contribution is 2.32. The quantitative estimate of drug-likeness (QED) is 0.670. The molecular formula is C13H13N5OS. The molecule has 4 rings (SSSR count). The second-order valence-corrected chi connectivity index (χ2v) is 6.03. The molecule has 1 fully saturated rings. The van der Waals surface area contributed by atoms with Gasteiger partial charge in [0.05, 0.1) is 17.8 Å². The van der Waals surface area contributed by atoms with E-state index in [1.54, 1.807) is 6.20 Å². The fourth-order valence-electron chi connectivity index (χ4n) is 2.38. The molecule has 4 heterocycles. The number of H-pyrrole nitrogens is 2. The van der Waals surface area contributed by atoms with Crippen LogP contribution in [0.3, 0.4) is 0 Å². The first-order valence-electron chi connectivity index (χ1n) is 6.50. The molecule has 102 valence electrons. The Labute approximate surface area is 118 Å². The number of nitrogens with one attached hydrogen (secondary N) is 3. The van der Waals surface area contributed by atoms with Crippen LogP contribution in [0.2, 0.25) is 0 Å². The van der Waals surface area contributed by atoms with Crippen LogP contribution in [0.1, 0.15) is 24.0 Å². The van der Waals surface area contributed by atoms with Crippen LogP contribution >= 0.6 is 11.3 Å². The van der Waals surface area contributed by atoms with Gasteiger partial charge < -0.3 is 10.3 Å². The van der Waals surface area contributed by atoms with Crippen molar-refractivity contribution in [1.82, 2.24) is 25.5 Å². The first-order valence-corrected chi connectivity index (χ1v) is 7.31. The molecule has 3 N–H and O–H groups in total. The lowest BCUT2D eigenvalue weighted by molar-refractivity contribution is 0.366. The number of aryl methyl sites for hydroxylation is 1.